The molecule has 2 nitrogen and oxygen atoms in total. The Bertz CT molecular complexity index is 230. The van der Waals surface area contributed by atoms with Crippen molar-refractivity contribution in [3.63, 3.8) is 0 Å². The average Bonchev–Trinajstić information content (AvgIpc) is 2.32. The molecule has 0 saturated heterocycles. The lowest BCUT2D eigenvalue weighted by Crippen LogP contribution is -2.16. The van der Waals surface area contributed by atoms with Crippen LogP contribution in [0.5, 0.6) is 0 Å². The van der Waals surface area contributed by atoms with Gasteiger partial charge in [-0.25, -0.2) is 0 Å². The van der Waals surface area contributed by atoms with Gasteiger partial charge in [0.05, 0.1) is 11.1 Å². The molecule has 0 saturated carbocycles. The minimum absolute atomic E-state index is 0.135. The summed E-state index contributed by atoms with van der Waals surface area (Å²) in [5, 5.41) is 1.55. The third kappa shape index (κ3) is 2.56. The van der Waals surface area contributed by atoms with Gasteiger partial charge in [-0.05, 0) is 6.92 Å². The second-order valence-corrected chi connectivity index (χ2v) is 5.71. The van der Waals surface area contributed by atoms with E-state index in [2.05, 4.69) is 32.7 Å². The lowest BCUT2D eigenvalue weighted by atomic mass is 9.98. The maximum Gasteiger partial charge on any atom is 0.121 e. The van der Waals surface area contributed by atoms with Crippen LogP contribution in [-0.4, -0.2) is 22.6 Å². The molecule has 0 N–H and O–H groups in total. The summed E-state index contributed by atoms with van der Waals surface area (Å²) in [6, 6.07) is 0.296. The van der Waals surface area contributed by atoms with Crippen molar-refractivity contribution in [3.05, 3.63) is 0 Å². The van der Waals surface area contributed by atoms with Crippen molar-refractivity contribution in [3.8, 4) is 0 Å². The molecule has 0 aromatic heterocycles. The van der Waals surface area contributed by atoms with Crippen molar-refractivity contribution in [2.45, 2.75) is 45.4 Å². The van der Waals surface area contributed by atoms with E-state index in [1.807, 2.05) is 0 Å². The van der Waals surface area contributed by atoms with E-state index < -0.39 is 0 Å². The van der Waals surface area contributed by atoms with Crippen molar-refractivity contribution in [1.82, 2.24) is 0 Å². The van der Waals surface area contributed by atoms with Crippen molar-refractivity contribution < 1.29 is 4.79 Å². The fourth-order valence-corrected chi connectivity index (χ4v) is 2.55. The van der Waals surface area contributed by atoms with Gasteiger partial charge in [-0.3, -0.25) is 4.99 Å². The molecule has 0 aliphatic carbocycles. The summed E-state index contributed by atoms with van der Waals surface area (Å²) in [5.41, 5.74) is 0.135. The number of carbonyl (C=O) groups is 1. The van der Waals surface area contributed by atoms with Gasteiger partial charge in [-0.15, -0.1) is 11.8 Å². The molecule has 2 atom stereocenters. The molecule has 0 fully saturated rings. The summed E-state index contributed by atoms with van der Waals surface area (Å²) < 4.78 is 0. The minimum atomic E-state index is 0.135. The third-order valence-electron chi connectivity index (χ3n) is 2.09. The van der Waals surface area contributed by atoms with Crippen LogP contribution in [0.25, 0.3) is 0 Å². The molecule has 0 spiro atoms. The van der Waals surface area contributed by atoms with Gasteiger partial charge in [0.2, 0.25) is 0 Å². The van der Waals surface area contributed by atoms with E-state index in [1.165, 1.54) is 5.04 Å². The molecule has 0 amide bonds. The molecular formula is C10H17NOS. The standard InChI is InChI=1S/C10H17NOS/c1-7-8(5-6-12)13-9(11-7)10(2,3)4/h6-8H,5H2,1-4H3. The van der Waals surface area contributed by atoms with Crippen LogP contribution in [0.3, 0.4) is 0 Å². The summed E-state index contributed by atoms with van der Waals surface area (Å²) in [6.07, 6.45) is 1.62. The van der Waals surface area contributed by atoms with Crippen LogP contribution in [0.4, 0.5) is 0 Å². The Balaban J connectivity index is 2.65. The van der Waals surface area contributed by atoms with E-state index >= 15 is 0 Å². The molecule has 1 aliphatic heterocycles. The van der Waals surface area contributed by atoms with Crippen LogP contribution in [0.2, 0.25) is 0 Å². The second kappa shape index (κ2) is 3.82. The zero-order valence-electron chi connectivity index (χ0n) is 8.70. The maximum absolute atomic E-state index is 10.4. The number of nitrogens with zero attached hydrogens (tertiary/aromatic N) is 1. The SMILES string of the molecule is CC1N=C(C(C)(C)C)SC1CC=O. The molecule has 2 unspecified atom stereocenters. The molecule has 3 heteroatoms. The molecule has 0 aromatic rings. The number of aldehydes is 1. The number of hydrogen-bond acceptors (Lipinski definition) is 3. The highest BCUT2D eigenvalue weighted by Crippen LogP contribution is 2.36. The Morgan fingerprint density at radius 3 is 2.54 bits per heavy atom. The Morgan fingerprint density at radius 2 is 2.15 bits per heavy atom. The first kappa shape index (κ1) is 10.8. The molecule has 1 rings (SSSR count). The molecular weight excluding hydrogens is 182 g/mol. The van der Waals surface area contributed by atoms with Crippen molar-refractivity contribution in [1.29, 1.82) is 0 Å². The van der Waals surface area contributed by atoms with Gasteiger partial charge in [0.15, 0.2) is 0 Å². The van der Waals surface area contributed by atoms with Gasteiger partial charge < -0.3 is 4.79 Å². The summed E-state index contributed by atoms with van der Waals surface area (Å²) in [4.78, 5) is 15.0. The average molecular weight is 199 g/mol. The van der Waals surface area contributed by atoms with Gasteiger partial charge >= 0.3 is 0 Å². The first-order chi connectivity index (χ1) is 5.95. The monoisotopic (exact) mass is 199 g/mol. The molecule has 0 aromatic carbocycles. The molecule has 13 heavy (non-hydrogen) atoms. The van der Waals surface area contributed by atoms with Crippen LogP contribution < -0.4 is 0 Å². The Morgan fingerprint density at radius 1 is 1.54 bits per heavy atom. The minimum Gasteiger partial charge on any atom is -0.303 e. The fourth-order valence-electron chi connectivity index (χ4n) is 1.25. The quantitative estimate of drug-likeness (QED) is 0.639. The van der Waals surface area contributed by atoms with Crippen molar-refractivity contribution >= 4 is 23.1 Å². The maximum atomic E-state index is 10.4. The topological polar surface area (TPSA) is 29.4 Å². The largest absolute Gasteiger partial charge is 0.303 e. The van der Waals surface area contributed by atoms with Crippen molar-refractivity contribution in [2.24, 2.45) is 10.4 Å². The highest BCUT2D eigenvalue weighted by atomic mass is 32.2. The zero-order valence-corrected chi connectivity index (χ0v) is 9.52. The smallest absolute Gasteiger partial charge is 0.121 e. The third-order valence-corrected chi connectivity index (χ3v) is 3.92. The van der Waals surface area contributed by atoms with E-state index in [-0.39, 0.29) is 5.41 Å². The zero-order chi connectivity index (χ0) is 10.1. The second-order valence-electron chi connectivity index (χ2n) is 4.48. The van der Waals surface area contributed by atoms with Gasteiger partial charge in [-0.2, -0.15) is 0 Å². The van der Waals surface area contributed by atoms with Crippen LogP contribution >= 0.6 is 11.8 Å². The number of aliphatic imine (C=N–C) groups is 1. The van der Waals surface area contributed by atoms with Crippen LogP contribution in [-0.2, 0) is 4.79 Å². The van der Waals surface area contributed by atoms with Crippen LogP contribution in [0.1, 0.15) is 34.1 Å². The highest BCUT2D eigenvalue weighted by molar-refractivity contribution is 8.14. The van der Waals surface area contributed by atoms with E-state index in [0.717, 1.165) is 6.29 Å². The number of thioether (sulfide) groups is 1. The summed E-state index contributed by atoms with van der Waals surface area (Å²) in [5.74, 6) is 0. The van der Waals surface area contributed by atoms with E-state index in [0.29, 0.717) is 17.7 Å². The first-order valence-corrected chi connectivity index (χ1v) is 5.51. The summed E-state index contributed by atoms with van der Waals surface area (Å²) in [7, 11) is 0. The van der Waals surface area contributed by atoms with Crippen LogP contribution in [0, 0.1) is 5.41 Å². The van der Waals surface area contributed by atoms with Crippen LogP contribution in [0.15, 0.2) is 4.99 Å². The fraction of sp³-hybridized carbons (Fsp3) is 0.800. The molecule has 0 radical (unpaired) electrons. The number of rotatable bonds is 2. The van der Waals surface area contributed by atoms with Crippen molar-refractivity contribution in [2.75, 3.05) is 0 Å². The molecule has 74 valence electrons. The van der Waals surface area contributed by atoms with Gasteiger partial charge in [-0.1, -0.05) is 20.8 Å². The Hall–Kier alpha value is -0.310. The lowest BCUT2D eigenvalue weighted by molar-refractivity contribution is -0.107. The summed E-state index contributed by atoms with van der Waals surface area (Å²) in [6.45, 7) is 8.57. The Labute approximate surface area is 84.2 Å². The van der Waals surface area contributed by atoms with Gasteiger partial charge in [0.1, 0.15) is 6.29 Å². The van der Waals surface area contributed by atoms with E-state index in [9.17, 15) is 4.79 Å². The van der Waals surface area contributed by atoms with Gasteiger partial charge in [0.25, 0.3) is 0 Å². The molecule has 0 bridgehead atoms. The number of carbonyl (C=O) groups excluding carboxylic acids is 1. The first-order valence-electron chi connectivity index (χ1n) is 4.63. The highest BCUT2D eigenvalue weighted by Gasteiger charge is 2.32. The molecule has 1 heterocycles. The predicted octanol–water partition coefficient (Wildman–Crippen LogP) is 2.52. The number of hydrogen-bond donors (Lipinski definition) is 0. The predicted molar refractivity (Wildman–Crippen MR) is 58.4 cm³/mol. The Kier molecular flexibility index (Phi) is 3.17. The lowest BCUT2D eigenvalue weighted by Gasteiger charge is -2.18. The molecule has 1 aliphatic rings. The van der Waals surface area contributed by atoms with E-state index in [1.54, 1.807) is 11.8 Å². The summed E-state index contributed by atoms with van der Waals surface area (Å²) >= 11 is 1.77. The van der Waals surface area contributed by atoms with E-state index in [4.69, 9.17) is 0 Å². The normalized spacial score (nSPS) is 28.8. The van der Waals surface area contributed by atoms with Gasteiger partial charge in [0, 0.05) is 17.1 Å².